The third-order valence-electron chi connectivity index (χ3n) is 1.78. The highest BCUT2D eigenvalue weighted by molar-refractivity contribution is 5.85. The van der Waals surface area contributed by atoms with Crippen LogP contribution in [0.25, 0.3) is 0 Å². The van der Waals surface area contributed by atoms with Gasteiger partial charge in [-0.05, 0) is 17.7 Å². The third-order valence-corrected chi connectivity index (χ3v) is 1.78. The fourth-order valence-corrected chi connectivity index (χ4v) is 0.983. The minimum Gasteiger partial charge on any atom is -0.484 e. The number of benzene rings is 1. The molecule has 0 atom stereocenters. The number of amides is 1. The van der Waals surface area contributed by atoms with E-state index in [0.717, 1.165) is 5.56 Å². The van der Waals surface area contributed by atoms with Crippen molar-refractivity contribution in [3.8, 4) is 5.75 Å². The number of hydrogen-bond donors (Lipinski definition) is 2. The highest BCUT2D eigenvalue weighted by Crippen LogP contribution is 2.12. The maximum atomic E-state index is 10.9. The van der Waals surface area contributed by atoms with E-state index in [4.69, 9.17) is 10.5 Å². The summed E-state index contributed by atoms with van der Waals surface area (Å²) in [5.74, 6) is 0.514. The van der Waals surface area contributed by atoms with Crippen LogP contribution in [0.4, 0.5) is 0 Å². The summed E-state index contributed by atoms with van der Waals surface area (Å²) < 4.78 is 5.23. The smallest absolute Gasteiger partial charge is 0.257 e. The second-order valence-electron chi connectivity index (χ2n) is 2.81. The fraction of sp³-hybridized carbons (Fsp3) is 0.300. The standard InChI is InChI=1S/C10H14N2O2.ClH/c1-12-10(13)7-14-9-4-2-3-8(5-9)6-11;/h2-5H,6-7,11H2,1H3,(H,12,13);1H. The molecule has 0 fully saturated rings. The van der Waals surface area contributed by atoms with Crippen LogP contribution >= 0.6 is 12.4 Å². The Morgan fingerprint density at radius 3 is 2.87 bits per heavy atom. The van der Waals surface area contributed by atoms with Crippen LogP contribution in [0, 0.1) is 0 Å². The molecule has 0 saturated heterocycles. The molecule has 0 spiro atoms. The number of rotatable bonds is 4. The van der Waals surface area contributed by atoms with Gasteiger partial charge in [-0.2, -0.15) is 0 Å². The Morgan fingerprint density at radius 1 is 1.53 bits per heavy atom. The molecule has 3 N–H and O–H groups in total. The molecular weight excluding hydrogens is 216 g/mol. The van der Waals surface area contributed by atoms with Crippen LogP contribution in [0.15, 0.2) is 24.3 Å². The molecule has 5 heteroatoms. The second-order valence-corrected chi connectivity index (χ2v) is 2.81. The highest BCUT2D eigenvalue weighted by atomic mass is 35.5. The summed E-state index contributed by atoms with van der Waals surface area (Å²) in [5.41, 5.74) is 6.45. The zero-order chi connectivity index (χ0) is 10.4. The summed E-state index contributed by atoms with van der Waals surface area (Å²) in [6.45, 7) is 0.502. The molecule has 1 aromatic rings. The van der Waals surface area contributed by atoms with Crippen molar-refractivity contribution in [2.75, 3.05) is 13.7 Å². The van der Waals surface area contributed by atoms with Gasteiger partial charge in [0.25, 0.3) is 5.91 Å². The molecule has 0 aliphatic carbocycles. The van der Waals surface area contributed by atoms with E-state index in [1.54, 1.807) is 13.1 Å². The van der Waals surface area contributed by atoms with Crippen molar-refractivity contribution in [3.05, 3.63) is 29.8 Å². The van der Waals surface area contributed by atoms with Crippen LogP contribution in [0.1, 0.15) is 5.56 Å². The van der Waals surface area contributed by atoms with Gasteiger partial charge in [-0.25, -0.2) is 0 Å². The van der Waals surface area contributed by atoms with Crippen LogP contribution < -0.4 is 15.8 Å². The molecule has 0 saturated carbocycles. The largest absolute Gasteiger partial charge is 0.484 e. The van der Waals surface area contributed by atoms with Crippen molar-refractivity contribution in [1.82, 2.24) is 5.32 Å². The second kappa shape index (κ2) is 7.09. The molecule has 1 aromatic carbocycles. The molecule has 0 bridgehead atoms. The first kappa shape index (κ1) is 13.7. The van der Waals surface area contributed by atoms with Gasteiger partial charge in [-0.1, -0.05) is 12.1 Å². The summed E-state index contributed by atoms with van der Waals surface area (Å²) in [7, 11) is 1.57. The average molecular weight is 231 g/mol. The lowest BCUT2D eigenvalue weighted by Crippen LogP contribution is -2.24. The zero-order valence-corrected chi connectivity index (χ0v) is 9.34. The highest BCUT2D eigenvalue weighted by Gasteiger charge is 1.99. The number of halogens is 1. The number of likely N-dealkylation sites (N-methyl/N-ethyl adjacent to an activating group) is 1. The Balaban J connectivity index is 0.00000196. The van der Waals surface area contributed by atoms with E-state index < -0.39 is 0 Å². The minimum atomic E-state index is -0.150. The molecule has 1 rings (SSSR count). The van der Waals surface area contributed by atoms with Crippen molar-refractivity contribution in [1.29, 1.82) is 0 Å². The zero-order valence-electron chi connectivity index (χ0n) is 8.53. The van der Waals surface area contributed by atoms with Crippen molar-refractivity contribution >= 4 is 18.3 Å². The van der Waals surface area contributed by atoms with Crippen LogP contribution in [0.3, 0.4) is 0 Å². The average Bonchev–Trinajstić information content (AvgIpc) is 2.26. The normalized spacial score (nSPS) is 8.93. The van der Waals surface area contributed by atoms with Gasteiger partial charge in [0.15, 0.2) is 6.61 Å². The van der Waals surface area contributed by atoms with Crippen molar-refractivity contribution in [2.24, 2.45) is 5.73 Å². The number of nitrogens with two attached hydrogens (primary N) is 1. The van der Waals surface area contributed by atoms with Crippen molar-refractivity contribution in [2.45, 2.75) is 6.54 Å². The van der Waals surface area contributed by atoms with E-state index >= 15 is 0 Å². The fourth-order valence-electron chi connectivity index (χ4n) is 0.983. The lowest BCUT2D eigenvalue weighted by molar-refractivity contribution is -0.122. The SMILES string of the molecule is CNC(=O)COc1cccc(CN)c1.Cl. The van der Waals surface area contributed by atoms with Gasteiger partial charge in [-0.3, -0.25) is 4.79 Å². The third kappa shape index (κ3) is 4.67. The van der Waals surface area contributed by atoms with E-state index in [-0.39, 0.29) is 24.9 Å². The predicted molar refractivity (Wildman–Crippen MR) is 61.1 cm³/mol. The number of nitrogens with one attached hydrogen (secondary N) is 1. The Labute approximate surface area is 95.2 Å². The topological polar surface area (TPSA) is 64.3 Å². The molecular formula is C10H15ClN2O2. The van der Waals surface area contributed by atoms with Crippen molar-refractivity contribution < 1.29 is 9.53 Å². The van der Waals surface area contributed by atoms with Gasteiger partial charge in [0.05, 0.1) is 0 Å². The Hall–Kier alpha value is -1.26. The van der Waals surface area contributed by atoms with E-state index in [9.17, 15) is 4.79 Å². The molecule has 0 radical (unpaired) electrons. The number of carbonyl (C=O) groups excluding carboxylic acids is 1. The van der Waals surface area contributed by atoms with E-state index in [1.807, 2.05) is 18.2 Å². The number of hydrogen-bond acceptors (Lipinski definition) is 3. The van der Waals surface area contributed by atoms with Crippen LogP contribution in [-0.2, 0) is 11.3 Å². The summed E-state index contributed by atoms with van der Waals surface area (Å²) in [4.78, 5) is 10.9. The van der Waals surface area contributed by atoms with Crippen LogP contribution in [0.2, 0.25) is 0 Å². The molecule has 0 unspecified atom stereocenters. The molecule has 4 nitrogen and oxygen atoms in total. The Bertz CT molecular complexity index is 318. The van der Waals surface area contributed by atoms with Gasteiger partial charge >= 0.3 is 0 Å². The first-order valence-electron chi connectivity index (χ1n) is 4.38. The van der Waals surface area contributed by atoms with Gasteiger partial charge < -0.3 is 15.8 Å². The summed E-state index contributed by atoms with van der Waals surface area (Å²) in [6, 6.07) is 7.37. The van der Waals surface area contributed by atoms with Crippen molar-refractivity contribution in [3.63, 3.8) is 0 Å². The van der Waals surface area contributed by atoms with Gasteiger partial charge in [0, 0.05) is 13.6 Å². The summed E-state index contributed by atoms with van der Waals surface area (Å²) in [5, 5.41) is 2.48. The van der Waals surface area contributed by atoms with Gasteiger partial charge in [-0.15, -0.1) is 12.4 Å². The molecule has 0 heterocycles. The maximum Gasteiger partial charge on any atom is 0.257 e. The summed E-state index contributed by atoms with van der Waals surface area (Å²) in [6.07, 6.45) is 0. The van der Waals surface area contributed by atoms with Crippen LogP contribution in [-0.4, -0.2) is 19.6 Å². The monoisotopic (exact) mass is 230 g/mol. The molecule has 0 aromatic heterocycles. The Kier molecular flexibility index (Phi) is 6.49. The van der Waals surface area contributed by atoms with E-state index in [0.29, 0.717) is 12.3 Å². The molecule has 0 aliphatic heterocycles. The molecule has 1 amide bonds. The minimum absolute atomic E-state index is 0. The number of ether oxygens (including phenoxy) is 1. The first-order chi connectivity index (χ1) is 6.76. The predicted octanol–water partition coefficient (Wildman–Crippen LogP) is 0.692. The molecule has 84 valence electrons. The Morgan fingerprint density at radius 2 is 2.27 bits per heavy atom. The van der Waals surface area contributed by atoms with Gasteiger partial charge in [0.1, 0.15) is 5.75 Å². The van der Waals surface area contributed by atoms with E-state index in [2.05, 4.69) is 5.32 Å². The lowest BCUT2D eigenvalue weighted by Gasteiger charge is -2.05. The van der Waals surface area contributed by atoms with Gasteiger partial charge in [0.2, 0.25) is 0 Å². The lowest BCUT2D eigenvalue weighted by atomic mass is 10.2. The summed E-state index contributed by atoms with van der Waals surface area (Å²) >= 11 is 0. The maximum absolute atomic E-state index is 10.9. The molecule has 0 aliphatic rings. The van der Waals surface area contributed by atoms with Crippen LogP contribution in [0.5, 0.6) is 5.75 Å². The van der Waals surface area contributed by atoms with E-state index in [1.165, 1.54) is 0 Å². The number of carbonyl (C=O) groups is 1. The molecule has 15 heavy (non-hydrogen) atoms. The first-order valence-corrected chi connectivity index (χ1v) is 4.38. The quantitative estimate of drug-likeness (QED) is 0.800.